The van der Waals surface area contributed by atoms with Gasteiger partial charge >= 0.3 is 0 Å². The van der Waals surface area contributed by atoms with E-state index in [9.17, 15) is 0 Å². The van der Waals surface area contributed by atoms with E-state index in [1.54, 1.807) is 0 Å². The number of nitrogens with one attached hydrogen (secondary N) is 1. The van der Waals surface area contributed by atoms with Gasteiger partial charge in [-0.05, 0) is 50.4 Å². The molecule has 1 atom stereocenters. The standard InChI is InChI=1S/C14H22N2/c1-12-6-2-3-7-13(12)14(9-10-15)8-4-5-11-16-14/h2-3,6-7,16H,4-5,8-11,15H2,1H3. The molecule has 0 aliphatic carbocycles. The molecule has 0 amide bonds. The summed E-state index contributed by atoms with van der Waals surface area (Å²) in [5.74, 6) is 0. The Balaban J connectivity index is 2.34. The molecule has 3 N–H and O–H groups in total. The third-order valence-electron chi connectivity index (χ3n) is 3.73. The van der Waals surface area contributed by atoms with E-state index in [0.29, 0.717) is 0 Å². The van der Waals surface area contributed by atoms with Crippen molar-refractivity contribution in [3.8, 4) is 0 Å². The Hall–Kier alpha value is -0.860. The van der Waals surface area contributed by atoms with Crippen molar-refractivity contribution in [3.63, 3.8) is 0 Å². The van der Waals surface area contributed by atoms with Crippen molar-refractivity contribution in [3.05, 3.63) is 35.4 Å². The van der Waals surface area contributed by atoms with Gasteiger partial charge in [-0.3, -0.25) is 0 Å². The first kappa shape index (κ1) is 11.6. The van der Waals surface area contributed by atoms with Crippen LogP contribution in [0.4, 0.5) is 0 Å². The van der Waals surface area contributed by atoms with Gasteiger partial charge in [0.2, 0.25) is 0 Å². The molecule has 88 valence electrons. The van der Waals surface area contributed by atoms with E-state index in [1.807, 2.05) is 0 Å². The Kier molecular flexibility index (Phi) is 3.62. The second-order valence-corrected chi connectivity index (χ2v) is 4.82. The highest BCUT2D eigenvalue weighted by atomic mass is 15.0. The van der Waals surface area contributed by atoms with E-state index in [2.05, 4.69) is 36.5 Å². The first-order chi connectivity index (χ1) is 7.78. The van der Waals surface area contributed by atoms with Crippen molar-refractivity contribution in [1.29, 1.82) is 0 Å². The van der Waals surface area contributed by atoms with Gasteiger partial charge in [0.25, 0.3) is 0 Å². The van der Waals surface area contributed by atoms with Crippen LogP contribution in [0, 0.1) is 6.92 Å². The van der Waals surface area contributed by atoms with E-state index < -0.39 is 0 Å². The average Bonchev–Trinajstić information content (AvgIpc) is 2.31. The van der Waals surface area contributed by atoms with Gasteiger partial charge in [-0.25, -0.2) is 0 Å². The molecule has 1 unspecified atom stereocenters. The van der Waals surface area contributed by atoms with Gasteiger partial charge < -0.3 is 11.1 Å². The van der Waals surface area contributed by atoms with Gasteiger partial charge in [0, 0.05) is 5.54 Å². The molecule has 1 heterocycles. The summed E-state index contributed by atoms with van der Waals surface area (Å²) in [6, 6.07) is 8.70. The summed E-state index contributed by atoms with van der Waals surface area (Å²) in [5.41, 5.74) is 8.75. The van der Waals surface area contributed by atoms with Crippen molar-refractivity contribution < 1.29 is 0 Å². The van der Waals surface area contributed by atoms with Gasteiger partial charge in [0.1, 0.15) is 0 Å². The molecule has 1 aliphatic heterocycles. The number of piperidine rings is 1. The second-order valence-electron chi connectivity index (χ2n) is 4.82. The molecule has 0 bridgehead atoms. The topological polar surface area (TPSA) is 38.0 Å². The zero-order valence-electron chi connectivity index (χ0n) is 10.1. The lowest BCUT2D eigenvalue weighted by Crippen LogP contribution is -2.47. The fraction of sp³-hybridized carbons (Fsp3) is 0.571. The van der Waals surface area contributed by atoms with E-state index >= 15 is 0 Å². The highest BCUT2D eigenvalue weighted by Gasteiger charge is 2.33. The molecule has 0 saturated carbocycles. The smallest absolute Gasteiger partial charge is 0.0449 e. The first-order valence-corrected chi connectivity index (χ1v) is 6.30. The number of rotatable bonds is 3. The third kappa shape index (κ3) is 2.13. The summed E-state index contributed by atoms with van der Waals surface area (Å²) in [7, 11) is 0. The van der Waals surface area contributed by atoms with Crippen LogP contribution in [0.2, 0.25) is 0 Å². The van der Waals surface area contributed by atoms with Gasteiger partial charge in [-0.1, -0.05) is 30.7 Å². The highest BCUT2D eigenvalue weighted by Crippen LogP contribution is 2.34. The maximum absolute atomic E-state index is 5.79. The minimum absolute atomic E-state index is 0.137. The molecule has 0 aromatic heterocycles. The molecule has 1 fully saturated rings. The largest absolute Gasteiger partial charge is 0.330 e. The van der Waals surface area contributed by atoms with Crippen LogP contribution < -0.4 is 11.1 Å². The molecule has 1 saturated heterocycles. The van der Waals surface area contributed by atoms with Crippen LogP contribution in [0.1, 0.15) is 36.8 Å². The summed E-state index contributed by atoms with van der Waals surface area (Å²) in [6.45, 7) is 4.07. The molecule has 16 heavy (non-hydrogen) atoms. The molecular weight excluding hydrogens is 196 g/mol. The molecule has 2 rings (SSSR count). The fourth-order valence-corrected chi connectivity index (χ4v) is 2.90. The van der Waals surface area contributed by atoms with Crippen molar-refractivity contribution in [2.45, 2.75) is 38.1 Å². The van der Waals surface area contributed by atoms with Gasteiger partial charge in [0.15, 0.2) is 0 Å². The van der Waals surface area contributed by atoms with Gasteiger partial charge in [-0.15, -0.1) is 0 Å². The summed E-state index contributed by atoms with van der Waals surface area (Å²) in [5, 5.41) is 3.71. The summed E-state index contributed by atoms with van der Waals surface area (Å²) in [6.07, 6.45) is 4.85. The lowest BCUT2D eigenvalue weighted by molar-refractivity contribution is 0.242. The fourth-order valence-electron chi connectivity index (χ4n) is 2.90. The van der Waals surface area contributed by atoms with Crippen LogP contribution in [-0.4, -0.2) is 13.1 Å². The zero-order valence-corrected chi connectivity index (χ0v) is 10.1. The third-order valence-corrected chi connectivity index (χ3v) is 3.73. The molecule has 1 aliphatic rings. The Morgan fingerprint density at radius 2 is 2.12 bits per heavy atom. The zero-order chi connectivity index (χ0) is 11.4. The molecule has 0 spiro atoms. The number of benzene rings is 1. The maximum atomic E-state index is 5.79. The first-order valence-electron chi connectivity index (χ1n) is 6.30. The predicted molar refractivity (Wildman–Crippen MR) is 68.4 cm³/mol. The Morgan fingerprint density at radius 1 is 1.31 bits per heavy atom. The number of nitrogens with two attached hydrogens (primary N) is 1. The normalized spacial score (nSPS) is 25.6. The molecule has 2 nitrogen and oxygen atoms in total. The minimum atomic E-state index is 0.137. The van der Waals surface area contributed by atoms with Crippen molar-refractivity contribution >= 4 is 0 Å². The van der Waals surface area contributed by atoms with Crippen molar-refractivity contribution in [2.75, 3.05) is 13.1 Å². The SMILES string of the molecule is Cc1ccccc1C1(CCN)CCCCN1. The predicted octanol–water partition coefficient (Wildman–Crippen LogP) is 2.31. The summed E-state index contributed by atoms with van der Waals surface area (Å²) < 4.78 is 0. The van der Waals surface area contributed by atoms with E-state index in [0.717, 1.165) is 19.5 Å². The molecule has 2 heteroatoms. The molecule has 1 aromatic carbocycles. The minimum Gasteiger partial charge on any atom is -0.330 e. The van der Waals surface area contributed by atoms with Gasteiger partial charge in [-0.2, -0.15) is 0 Å². The van der Waals surface area contributed by atoms with Crippen molar-refractivity contribution in [2.24, 2.45) is 5.73 Å². The molecular formula is C14H22N2. The van der Waals surface area contributed by atoms with Crippen LogP contribution in [0.3, 0.4) is 0 Å². The van der Waals surface area contributed by atoms with Crippen LogP contribution in [0.5, 0.6) is 0 Å². The van der Waals surface area contributed by atoms with Crippen LogP contribution in [0.25, 0.3) is 0 Å². The van der Waals surface area contributed by atoms with E-state index in [-0.39, 0.29) is 5.54 Å². The number of aryl methyl sites for hydroxylation is 1. The van der Waals surface area contributed by atoms with Gasteiger partial charge in [0.05, 0.1) is 0 Å². The summed E-state index contributed by atoms with van der Waals surface area (Å²) >= 11 is 0. The number of hydrogen-bond donors (Lipinski definition) is 2. The lowest BCUT2D eigenvalue weighted by atomic mass is 9.78. The Labute approximate surface area is 98.2 Å². The Morgan fingerprint density at radius 3 is 2.75 bits per heavy atom. The van der Waals surface area contributed by atoms with E-state index in [1.165, 1.54) is 30.4 Å². The Bertz CT molecular complexity index is 335. The average molecular weight is 218 g/mol. The molecule has 1 aromatic rings. The number of hydrogen-bond acceptors (Lipinski definition) is 2. The van der Waals surface area contributed by atoms with Crippen LogP contribution in [-0.2, 0) is 5.54 Å². The quantitative estimate of drug-likeness (QED) is 0.817. The highest BCUT2D eigenvalue weighted by molar-refractivity contribution is 5.33. The second kappa shape index (κ2) is 4.98. The van der Waals surface area contributed by atoms with Crippen LogP contribution >= 0.6 is 0 Å². The van der Waals surface area contributed by atoms with Crippen molar-refractivity contribution in [1.82, 2.24) is 5.32 Å². The van der Waals surface area contributed by atoms with E-state index in [4.69, 9.17) is 5.73 Å². The lowest BCUT2D eigenvalue weighted by Gasteiger charge is -2.40. The van der Waals surface area contributed by atoms with Crippen LogP contribution in [0.15, 0.2) is 24.3 Å². The molecule has 0 radical (unpaired) electrons. The summed E-state index contributed by atoms with van der Waals surface area (Å²) in [4.78, 5) is 0. The maximum Gasteiger partial charge on any atom is 0.0449 e. The monoisotopic (exact) mass is 218 g/mol.